The van der Waals surface area contributed by atoms with Crippen molar-refractivity contribution < 1.29 is 4.79 Å². The molecule has 3 nitrogen and oxygen atoms in total. The van der Waals surface area contributed by atoms with Crippen LogP contribution >= 0.6 is 11.3 Å². The van der Waals surface area contributed by atoms with Gasteiger partial charge in [0.15, 0.2) is 0 Å². The molecule has 4 heteroatoms. The normalized spacial score (nSPS) is 22.3. The molecule has 0 bridgehead atoms. The summed E-state index contributed by atoms with van der Waals surface area (Å²) in [6.07, 6.45) is 8.60. The van der Waals surface area contributed by atoms with E-state index in [1.54, 1.807) is 0 Å². The Balaban J connectivity index is 1.55. The Morgan fingerprint density at radius 3 is 2.86 bits per heavy atom. The first-order chi connectivity index (χ1) is 10.2. The lowest BCUT2D eigenvalue weighted by molar-refractivity contribution is -0.127. The molecule has 0 aromatic carbocycles. The number of nitrogens with zero attached hydrogens (tertiary/aromatic N) is 1. The van der Waals surface area contributed by atoms with Gasteiger partial charge in [-0.3, -0.25) is 9.69 Å². The summed E-state index contributed by atoms with van der Waals surface area (Å²) in [6.45, 7) is 3.99. The van der Waals surface area contributed by atoms with Crippen molar-refractivity contribution in [1.29, 1.82) is 0 Å². The molecule has 2 aliphatic rings. The van der Waals surface area contributed by atoms with E-state index in [4.69, 9.17) is 0 Å². The minimum Gasteiger partial charge on any atom is -0.352 e. The summed E-state index contributed by atoms with van der Waals surface area (Å²) in [7, 11) is 0. The van der Waals surface area contributed by atoms with Gasteiger partial charge in [-0.05, 0) is 43.2 Å². The van der Waals surface area contributed by atoms with Crippen LogP contribution < -0.4 is 5.32 Å². The average Bonchev–Trinajstić information content (AvgIpc) is 2.82. The van der Waals surface area contributed by atoms with Gasteiger partial charge in [-0.2, -0.15) is 0 Å². The maximum absolute atomic E-state index is 12.5. The lowest BCUT2D eigenvalue weighted by Gasteiger charge is -2.32. The van der Waals surface area contributed by atoms with Gasteiger partial charge in [0.1, 0.15) is 0 Å². The van der Waals surface area contributed by atoms with Crippen LogP contribution in [0.5, 0.6) is 0 Å². The highest BCUT2D eigenvalue weighted by molar-refractivity contribution is 7.10. The second-order valence-corrected chi connectivity index (χ2v) is 7.46. The van der Waals surface area contributed by atoms with Crippen LogP contribution in [0.4, 0.5) is 0 Å². The Morgan fingerprint density at radius 2 is 2.10 bits per heavy atom. The fourth-order valence-corrected chi connectivity index (χ4v) is 4.40. The van der Waals surface area contributed by atoms with Crippen molar-refractivity contribution in [3.63, 3.8) is 0 Å². The summed E-state index contributed by atoms with van der Waals surface area (Å²) in [5.41, 5.74) is 1.42. The first-order valence-electron chi connectivity index (χ1n) is 8.33. The molecule has 0 unspecified atom stereocenters. The number of fused-ring (bicyclic) bond motifs is 1. The van der Waals surface area contributed by atoms with Crippen molar-refractivity contribution >= 4 is 17.2 Å². The lowest BCUT2D eigenvalue weighted by atomic mass is 10.1. The second kappa shape index (κ2) is 6.93. The summed E-state index contributed by atoms with van der Waals surface area (Å²) in [5.74, 6) is 0.223. The molecule has 1 amide bonds. The molecule has 1 saturated carbocycles. The van der Waals surface area contributed by atoms with Crippen LogP contribution in [0.1, 0.15) is 55.9 Å². The van der Waals surface area contributed by atoms with Crippen LogP contribution in [0.15, 0.2) is 11.4 Å². The number of hydrogen-bond donors (Lipinski definition) is 1. The van der Waals surface area contributed by atoms with Crippen LogP contribution in [0, 0.1) is 0 Å². The third-order valence-corrected chi connectivity index (χ3v) is 5.99. The molecule has 1 N–H and O–H groups in total. The number of thiophene rings is 1. The zero-order valence-electron chi connectivity index (χ0n) is 12.9. The van der Waals surface area contributed by atoms with Crippen LogP contribution in [-0.2, 0) is 17.8 Å². The highest BCUT2D eigenvalue weighted by Crippen LogP contribution is 2.25. The predicted octanol–water partition coefficient (Wildman–Crippen LogP) is 3.33. The zero-order valence-corrected chi connectivity index (χ0v) is 13.8. The maximum atomic E-state index is 12.5. The van der Waals surface area contributed by atoms with E-state index < -0.39 is 0 Å². The summed E-state index contributed by atoms with van der Waals surface area (Å²) >= 11 is 1.85. The minimum absolute atomic E-state index is 0.0127. The molecular weight excluding hydrogens is 280 g/mol. The smallest absolute Gasteiger partial charge is 0.237 e. The van der Waals surface area contributed by atoms with Gasteiger partial charge in [0.05, 0.1) is 6.04 Å². The standard InChI is InChI=1S/C17H26N2OS/c1-13(17(20)18-15-6-4-2-3-5-7-15)19-10-8-16-14(12-19)9-11-21-16/h9,11,13,15H,2-8,10,12H2,1H3,(H,18,20)/t13-/m0/s1. The molecule has 1 fully saturated rings. The Kier molecular flexibility index (Phi) is 4.96. The summed E-state index contributed by atoms with van der Waals surface area (Å²) in [6, 6.07) is 2.60. The molecule has 21 heavy (non-hydrogen) atoms. The molecule has 1 atom stereocenters. The monoisotopic (exact) mass is 306 g/mol. The minimum atomic E-state index is -0.0127. The van der Waals surface area contributed by atoms with Crippen molar-refractivity contribution in [1.82, 2.24) is 10.2 Å². The Morgan fingerprint density at radius 1 is 1.33 bits per heavy atom. The highest BCUT2D eigenvalue weighted by Gasteiger charge is 2.27. The van der Waals surface area contributed by atoms with Crippen LogP contribution in [0.25, 0.3) is 0 Å². The Bertz CT molecular complexity index is 477. The number of hydrogen-bond acceptors (Lipinski definition) is 3. The summed E-state index contributed by atoms with van der Waals surface area (Å²) < 4.78 is 0. The Hall–Kier alpha value is -0.870. The summed E-state index contributed by atoms with van der Waals surface area (Å²) in [5, 5.41) is 5.47. The van der Waals surface area contributed by atoms with E-state index >= 15 is 0 Å². The third kappa shape index (κ3) is 3.67. The van der Waals surface area contributed by atoms with Gasteiger partial charge in [-0.25, -0.2) is 0 Å². The number of carbonyl (C=O) groups is 1. The topological polar surface area (TPSA) is 32.3 Å². The van der Waals surface area contributed by atoms with E-state index in [2.05, 4.69) is 28.6 Å². The van der Waals surface area contributed by atoms with Crippen LogP contribution in [-0.4, -0.2) is 29.4 Å². The van der Waals surface area contributed by atoms with Crippen LogP contribution in [0.2, 0.25) is 0 Å². The second-order valence-electron chi connectivity index (χ2n) is 6.46. The van der Waals surface area contributed by atoms with Gasteiger partial charge in [-0.1, -0.05) is 25.7 Å². The van der Waals surface area contributed by atoms with Gasteiger partial charge in [-0.15, -0.1) is 11.3 Å². The van der Waals surface area contributed by atoms with E-state index in [-0.39, 0.29) is 11.9 Å². The van der Waals surface area contributed by atoms with E-state index in [1.165, 1.54) is 36.1 Å². The molecule has 0 radical (unpaired) electrons. The molecule has 0 spiro atoms. The van der Waals surface area contributed by atoms with Gasteiger partial charge in [0, 0.05) is 24.0 Å². The molecule has 1 aliphatic carbocycles. The molecule has 1 aliphatic heterocycles. The molecule has 1 aromatic rings. The number of nitrogens with one attached hydrogen (secondary N) is 1. The maximum Gasteiger partial charge on any atom is 0.237 e. The Labute approximate surface area is 131 Å². The van der Waals surface area contributed by atoms with E-state index in [1.807, 2.05) is 11.3 Å². The SMILES string of the molecule is C[C@@H](C(=O)NC1CCCCCC1)N1CCc2sccc2C1. The van der Waals surface area contributed by atoms with E-state index in [0.29, 0.717) is 6.04 Å². The average molecular weight is 306 g/mol. The molecule has 0 saturated heterocycles. The van der Waals surface area contributed by atoms with Crippen molar-refractivity contribution in [3.8, 4) is 0 Å². The van der Waals surface area contributed by atoms with E-state index in [0.717, 1.165) is 32.4 Å². The van der Waals surface area contributed by atoms with Gasteiger partial charge >= 0.3 is 0 Å². The predicted molar refractivity (Wildman–Crippen MR) is 87.5 cm³/mol. The number of carbonyl (C=O) groups excluding carboxylic acids is 1. The van der Waals surface area contributed by atoms with Crippen LogP contribution in [0.3, 0.4) is 0 Å². The molecular formula is C17H26N2OS. The molecule has 1 aromatic heterocycles. The molecule has 2 heterocycles. The lowest BCUT2D eigenvalue weighted by Crippen LogP contribution is -2.49. The van der Waals surface area contributed by atoms with Crippen molar-refractivity contribution in [3.05, 3.63) is 21.9 Å². The number of amides is 1. The van der Waals surface area contributed by atoms with Gasteiger partial charge < -0.3 is 5.32 Å². The van der Waals surface area contributed by atoms with Crippen molar-refractivity contribution in [2.24, 2.45) is 0 Å². The zero-order chi connectivity index (χ0) is 14.7. The fourth-order valence-electron chi connectivity index (χ4n) is 3.51. The summed E-state index contributed by atoms with van der Waals surface area (Å²) in [4.78, 5) is 16.3. The van der Waals surface area contributed by atoms with Crippen molar-refractivity contribution in [2.45, 2.75) is 70.5 Å². The largest absolute Gasteiger partial charge is 0.352 e. The number of rotatable bonds is 3. The third-order valence-electron chi connectivity index (χ3n) is 4.97. The van der Waals surface area contributed by atoms with Gasteiger partial charge in [0.2, 0.25) is 5.91 Å². The quantitative estimate of drug-likeness (QED) is 0.869. The van der Waals surface area contributed by atoms with Gasteiger partial charge in [0.25, 0.3) is 0 Å². The first-order valence-corrected chi connectivity index (χ1v) is 9.21. The highest BCUT2D eigenvalue weighted by atomic mass is 32.1. The fraction of sp³-hybridized carbons (Fsp3) is 0.706. The van der Waals surface area contributed by atoms with E-state index in [9.17, 15) is 4.79 Å². The first kappa shape index (κ1) is 15.0. The molecule has 116 valence electrons. The van der Waals surface area contributed by atoms with Crippen molar-refractivity contribution in [2.75, 3.05) is 6.54 Å². The molecule has 3 rings (SSSR count).